The molecule has 11 nitrogen and oxygen atoms in total. The summed E-state index contributed by atoms with van der Waals surface area (Å²) >= 11 is 0. The second kappa shape index (κ2) is 11.7. The normalized spacial score (nSPS) is 22.6. The fourth-order valence-electron chi connectivity index (χ4n) is 7.50. The highest BCUT2D eigenvalue weighted by atomic mass is 16.2. The fraction of sp³-hybridized carbons (Fsp3) is 0.361. The average molecular weight is 630 g/mol. The molecule has 47 heavy (non-hydrogen) atoms. The quantitative estimate of drug-likeness (QED) is 0.330. The number of nitrogens with one attached hydrogen (secondary N) is 2. The monoisotopic (exact) mass is 629 g/mol. The van der Waals surface area contributed by atoms with Crippen LogP contribution in [0.15, 0.2) is 73.2 Å². The molecule has 2 atom stereocenters. The van der Waals surface area contributed by atoms with Crippen LogP contribution in [0.5, 0.6) is 0 Å². The van der Waals surface area contributed by atoms with Gasteiger partial charge in [-0.25, -0.2) is 10.4 Å². The molecule has 4 aliphatic heterocycles. The number of fused-ring (bicyclic) bond motifs is 1. The van der Waals surface area contributed by atoms with Gasteiger partial charge in [0.2, 0.25) is 11.8 Å². The molecule has 2 fully saturated rings. The van der Waals surface area contributed by atoms with Gasteiger partial charge >= 0.3 is 0 Å². The van der Waals surface area contributed by atoms with Crippen molar-refractivity contribution in [1.82, 2.24) is 35.0 Å². The van der Waals surface area contributed by atoms with E-state index in [4.69, 9.17) is 0 Å². The number of carbonyl (C=O) groups is 2. The molecule has 6 heterocycles. The minimum absolute atomic E-state index is 0.0336. The lowest BCUT2D eigenvalue weighted by atomic mass is 9.85. The van der Waals surface area contributed by atoms with Gasteiger partial charge in [-0.05, 0) is 73.7 Å². The summed E-state index contributed by atoms with van der Waals surface area (Å²) in [6, 6.07) is 18.6. The number of anilines is 2. The zero-order valence-electron chi connectivity index (χ0n) is 26.8. The van der Waals surface area contributed by atoms with Crippen LogP contribution in [0.1, 0.15) is 47.7 Å². The van der Waals surface area contributed by atoms with Crippen LogP contribution >= 0.6 is 0 Å². The summed E-state index contributed by atoms with van der Waals surface area (Å²) in [6.45, 7) is 5.72. The van der Waals surface area contributed by atoms with Crippen molar-refractivity contribution < 1.29 is 9.59 Å². The third kappa shape index (κ3) is 5.49. The van der Waals surface area contributed by atoms with Gasteiger partial charge in [0.1, 0.15) is 6.33 Å². The minimum Gasteiger partial charge on any atom is -0.338 e. The minimum atomic E-state index is -0.429. The second-order valence-electron chi connectivity index (χ2n) is 13.3. The highest BCUT2D eigenvalue weighted by Crippen LogP contribution is 2.44. The molecular formula is C36H39N9O2. The Morgan fingerprint density at radius 3 is 2.57 bits per heavy atom. The number of benzene rings is 2. The van der Waals surface area contributed by atoms with E-state index >= 15 is 0 Å². The van der Waals surface area contributed by atoms with Crippen LogP contribution in [-0.4, -0.2) is 80.6 Å². The molecule has 2 saturated heterocycles. The number of pyridine rings is 1. The first-order valence-corrected chi connectivity index (χ1v) is 16.4. The van der Waals surface area contributed by atoms with E-state index in [9.17, 15) is 9.59 Å². The first-order valence-electron chi connectivity index (χ1n) is 16.4. The lowest BCUT2D eigenvalue weighted by Gasteiger charge is -2.29. The molecule has 1 unspecified atom stereocenters. The van der Waals surface area contributed by atoms with E-state index in [1.807, 2.05) is 48.2 Å². The molecule has 1 spiro atoms. The molecule has 8 rings (SSSR count). The fourth-order valence-corrected chi connectivity index (χ4v) is 7.50. The Labute approximate surface area is 274 Å². The maximum atomic E-state index is 14.0. The summed E-state index contributed by atoms with van der Waals surface area (Å²) in [4.78, 5) is 42.2. The Morgan fingerprint density at radius 2 is 1.83 bits per heavy atom. The number of hydrogen-bond donors (Lipinski definition) is 2. The summed E-state index contributed by atoms with van der Waals surface area (Å²) in [5, 5.41) is 4.38. The first kappa shape index (κ1) is 29.5. The van der Waals surface area contributed by atoms with E-state index in [-0.39, 0.29) is 17.9 Å². The van der Waals surface area contributed by atoms with Gasteiger partial charge in [0, 0.05) is 61.9 Å². The number of amides is 2. The van der Waals surface area contributed by atoms with Crippen molar-refractivity contribution in [3.8, 4) is 11.4 Å². The van der Waals surface area contributed by atoms with Gasteiger partial charge in [-0.2, -0.15) is 5.10 Å². The van der Waals surface area contributed by atoms with Gasteiger partial charge in [0.25, 0.3) is 0 Å². The number of aromatic nitrogens is 4. The summed E-state index contributed by atoms with van der Waals surface area (Å²) in [6.07, 6.45) is 8.18. The maximum absolute atomic E-state index is 14.0. The Morgan fingerprint density at radius 1 is 1.00 bits per heavy atom. The van der Waals surface area contributed by atoms with Gasteiger partial charge in [0.15, 0.2) is 5.82 Å². The second-order valence-corrected chi connectivity index (χ2v) is 13.3. The average Bonchev–Trinajstić information content (AvgIpc) is 3.89. The van der Waals surface area contributed by atoms with Crippen molar-refractivity contribution in [2.75, 3.05) is 49.6 Å². The van der Waals surface area contributed by atoms with E-state index in [1.54, 1.807) is 11.0 Å². The number of hydrazine groups is 1. The number of rotatable bonds is 6. The summed E-state index contributed by atoms with van der Waals surface area (Å²) < 4.78 is 1.70. The number of hydrogen-bond acceptors (Lipinski definition) is 8. The van der Waals surface area contributed by atoms with E-state index in [1.165, 1.54) is 11.1 Å². The van der Waals surface area contributed by atoms with Crippen LogP contribution in [0.4, 0.5) is 11.4 Å². The number of nitrogens with zero attached hydrogens (tertiary/aromatic N) is 7. The van der Waals surface area contributed by atoms with Gasteiger partial charge in [0.05, 0.1) is 23.7 Å². The van der Waals surface area contributed by atoms with Gasteiger partial charge in [-0.15, -0.1) is 0 Å². The van der Waals surface area contributed by atoms with Crippen molar-refractivity contribution in [2.45, 2.75) is 32.2 Å². The molecule has 4 aliphatic rings. The molecule has 0 bridgehead atoms. The zero-order valence-corrected chi connectivity index (χ0v) is 26.8. The number of aryl methyl sites for hydroxylation is 2. The Hall–Kier alpha value is -4.87. The molecule has 2 aromatic carbocycles. The molecular weight excluding hydrogens is 590 g/mol. The highest BCUT2D eigenvalue weighted by molar-refractivity contribution is 6.00. The van der Waals surface area contributed by atoms with Gasteiger partial charge in [-0.3, -0.25) is 24.2 Å². The maximum Gasteiger partial charge on any atom is 0.237 e. The van der Waals surface area contributed by atoms with Crippen molar-refractivity contribution in [1.29, 1.82) is 0 Å². The predicted molar refractivity (Wildman–Crippen MR) is 180 cm³/mol. The molecule has 0 aliphatic carbocycles. The molecule has 4 aromatic rings. The van der Waals surface area contributed by atoms with Crippen molar-refractivity contribution in [3.05, 3.63) is 95.6 Å². The van der Waals surface area contributed by atoms with E-state index < -0.39 is 5.41 Å². The van der Waals surface area contributed by atoms with E-state index in [0.717, 1.165) is 59.6 Å². The van der Waals surface area contributed by atoms with Crippen molar-refractivity contribution in [2.24, 2.45) is 12.5 Å². The van der Waals surface area contributed by atoms with Crippen LogP contribution < -0.4 is 15.8 Å². The number of likely N-dealkylation sites (tertiary alicyclic amines) is 1. The highest BCUT2D eigenvalue weighted by Gasteiger charge is 2.51. The van der Waals surface area contributed by atoms with E-state index in [2.05, 4.69) is 73.3 Å². The molecule has 2 amide bonds. The van der Waals surface area contributed by atoms with Crippen LogP contribution in [-0.2, 0) is 16.6 Å². The number of carbonyl (C=O) groups excluding carboxylic acids is 2. The molecule has 2 N–H and O–H groups in total. The third-order valence-electron chi connectivity index (χ3n) is 10.3. The predicted octanol–water partition coefficient (Wildman–Crippen LogP) is 3.95. The Bertz CT molecular complexity index is 1870. The van der Waals surface area contributed by atoms with Gasteiger partial charge in [-0.1, -0.05) is 36.4 Å². The van der Waals surface area contributed by atoms with Crippen LogP contribution in [0, 0.1) is 12.3 Å². The van der Waals surface area contributed by atoms with Crippen LogP contribution in [0.3, 0.4) is 0 Å². The first-order chi connectivity index (χ1) is 22.8. The zero-order chi connectivity index (χ0) is 32.1. The molecule has 11 heteroatoms. The summed E-state index contributed by atoms with van der Waals surface area (Å²) in [5.41, 5.74) is 14.7. The van der Waals surface area contributed by atoms with Crippen LogP contribution in [0.2, 0.25) is 0 Å². The Kier molecular flexibility index (Phi) is 7.37. The standard InChI is InChI=1S/C36H39N9O2/c1-24-3-4-28(20-37-24)33-30-19-29(9-10-31(30)39-40-33)45-18-14-36(35(45)47)13-17-43(22-36)21-32(46)44-15-11-26(12-16-44)25-5-7-27(8-6-25)34-38-23-42(2)41-34/h3-11,19-20,23,33,39-40H,12-18,21-22H2,1-2H3/t33?,36-/m0/s1. The smallest absolute Gasteiger partial charge is 0.237 e. The van der Waals surface area contributed by atoms with Crippen LogP contribution in [0.25, 0.3) is 17.0 Å². The van der Waals surface area contributed by atoms with Gasteiger partial charge < -0.3 is 15.2 Å². The third-order valence-corrected chi connectivity index (χ3v) is 10.3. The molecule has 2 aromatic heterocycles. The lowest BCUT2D eigenvalue weighted by molar-refractivity contribution is -0.132. The van der Waals surface area contributed by atoms with E-state index in [0.29, 0.717) is 38.5 Å². The lowest BCUT2D eigenvalue weighted by Crippen LogP contribution is -2.43. The van der Waals surface area contributed by atoms with Crippen molar-refractivity contribution >= 4 is 28.8 Å². The topological polar surface area (TPSA) is 112 Å². The Balaban J connectivity index is 0.881. The molecule has 240 valence electrons. The largest absolute Gasteiger partial charge is 0.338 e. The summed E-state index contributed by atoms with van der Waals surface area (Å²) in [7, 11) is 1.86. The SMILES string of the molecule is Cc1ccc(C2NNc3ccc(N4CC[C@]5(CCN(CC(=O)N6CC=C(c7ccc(-c8ncn(C)n8)cc7)CC6)C5)C4=O)cc32)cn1. The van der Waals surface area contributed by atoms with Crippen molar-refractivity contribution in [3.63, 3.8) is 0 Å². The summed E-state index contributed by atoms with van der Waals surface area (Å²) in [5.74, 6) is 1.02. The molecule has 0 radical (unpaired) electrons. The molecule has 0 saturated carbocycles.